The van der Waals surface area contributed by atoms with Gasteiger partial charge in [0.2, 0.25) is 5.91 Å². The van der Waals surface area contributed by atoms with Gasteiger partial charge in [-0.05, 0) is 44.4 Å². The third-order valence-corrected chi connectivity index (χ3v) is 3.61. The van der Waals surface area contributed by atoms with Gasteiger partial charge in [-0.2, -0.15) is 0 Å². The smallest absolute Gasteiger partial charge is 0.231 e. The quantitative estimate of drug-likeness (QED) is 0.796. The number of carbonyl (C=O) groups excluding carboxylic acids is 1. The number of ether oxygens (including phenoxy) is 1. The van der Waals surface area contributed by atoms with Gasteiger partial charge in [0.1, 0.15) is 0 Å². The van der Waals surface area contributed by atoms with E-state index in [-0.39, 0.29) is 16.9 Å². The van der Waals surface area contributed by atoms with E-state index in [1.165, 1.54) is 0 Å². The lowest BCUT2D eigenvalue weighted by Crippen LogP contribution is -2.50. The van der Waals surface area contributed by atoms with Crippen LogP contribution in [0.5, 0.6) is 0 Å². The minimum atomic E-state index is -0.362. The Morgan fingerprint density at radius 2 is 1.95 bits per heavy atom. The van der Waals surface area contributed by atoms with E-state index in [9.17, 15) is 4.79 Å². The molecule has 104 valence electrons. The van der Waals surface area contributed by atoms with E-state index in [0.29, 0.717) is 6.61 Å². The van der Waals surface area contributed by atoms with Crippen molar-refractivity contribution < 1.29 is 9.53 Å². The fourth-order valence-corrected chi connectivity index (χ4v) is 2.40. The van der Waals surface area contributed by atoms with Crippen LogP contribution in [0.1, 0.15) is 32.3 Å². The van der Waals surface area contributed by atoms with Gasteiger partial charge >= 0.3 is 0 Å². The molecule has 1 fully saturated rings. The standard InChI is InChI=1S/C15H22N2O2/c1-14(2,10-19-3)17-13(18)15(8-9-15)11-4-6-12(16)7-5-11/h4-7H,8-10,16H2,1-3H3,(H,17,18). The minimum Gasteiger partial charge on any atom is -0.399 e. The first kappa shape index (κ1) is 13.9. The average Bonchev–Trinajstić information content (AvgIpc) is 3.10. The molecule has 2 rings (SSSR count). The maximum absolute atomic E-state index is 12.5. The van der Waals surface area contributed by atoms with Gasteiger partial charge in [0.15, 0.2) is 0 Å². The lowest BCUT2D eigenvalue weighted by molar-refractivity contribution is -0.125. The summed E-state index contributed by atoms with van der Waals surface area (Å²) in [6.07, 6.45) is 1.79. The van der Waals surface area contributed by atoms with E-state index in [0.717, 1.165) is 24.1 Å². The number of nitrogen functional groups attached to an aromatic ring is 1. The Bertz CT molecular complexity index is 462. The fraction of sp³-hybridized carbons (Fsp3) is 0.533. The molecule has 0 aromatic heterocycles. The summed E-state index contributed by atoms with van der Waals surface area (Å²) in [6.45, 7) is 4.43. The van der Waals surface area contributed by atoms with Crippen LogP contribution in [0, 0.1) is 0 Å². The van der Waals surface area contributed by atoms with Crippen molar-refractivity contribution >= 4 is 11.6 Å². The van der Waals surface area contributed by atoms with E-state index in [2.05, 4.69) is 5.32 Å². The van der Waals surface area contributed by atoms with E-state index in [1.54, 1.807) is 7.11 Å². The molecular weight excluding hydrogens is 240 g/mol. The van der Waals surface area contributed by atoms with Crippen LogP contribution in [0.15, 0.2) is 24.3 Å². The first-order chi connectivity index (χ1) is 8.89. The van der Waals surface area contributed by atoms with Gasteiger partial charge in [-0.15, -0.1) is 0 Å². The highest BCUT2D eigenvalue weighted by Crippen LogP contribution is 2.48. The molecule has 1 saturated carbocycles. The van der Waals surface area contributed by atoms with Crippen LogP contribution in [-0.2, 0) is 14.9 Å². The second-order valence-electron chi connectivity index (χ2n) is 5.98. The van der Waals surface area contributed by atoms with E-state index in [1.807, 2.05) is 38.1 Å². The predicted molar refractivity (Wildman–Crippen MR) is 75.9 cm³/mol. The number of nitrogens with one attached hydrogen (secondary N) is 1. The summed E-state index contributed by atoms with van der Waals surface area (Å²) < 4.78 is 5.13. The molecule has 0 spiro atoms. The van der Waals surface area contributed by atoms with Gasteiger partial charge in [0.05, 0.1) is 17.6 Å². The Morgan fingerprint density at radius 3 is 2.42 bits per heavy atom. The summed E-state index contributed by atoms with van der Waals surface area (Å²) in [5, 5.41) is 3.08. The highest BCUT2D eigenvalue weighted by Gasteiger charge is 2.52. The largest absolute Gasteiger partial charge is 0.399 e. The normalized spacial score (nSPS) is 17.0. The summed E-state index contributed by atoms with van der Waals surface area (Å²) in [6, 6.07) is 7.60. The van der Waals surface area contributed by atoms with Crippen molar-refractivity contribution in [2.24, 2.45) is 0 Å². The van der Waals surface area contributed by atoms with Crippen molar-refractivity contribution in [1.29, 1.82) is 0 Å². The van der Waals surface area contributed by atoms with Crippen molar-refractivity contribution in [1.82, 2.24) is 5.32 Å². The van der Waals surface area contributed by atoms with Gasteiger partial charge in [-0.25, -0.2) is 0 Å². The molecule has 0 aliphatic heterocycles. The molecule has 1 aromatic rings. The van der Waals surface area contributed by atoms with Crippen molar-refractivity contribution in [2.45, 2.75) is 37.6 Å². The first-order valence-electron chi connectivity index (χ1n) is 6.57. The number of anilines is 1. The molecule has 1 amide bonds. The maximum atomic E-state index is 12.5. The maximum Gasteiger partial charge on any atom is 0.231 e. The minimum absolute atomic E-state index is 0.0827. The summed E-state index contributed by atoms with van der Waals surface area (Å²) in [4.78, 5) is 12.5. The Kier molecular flexibility index (Phi) is 3.54. The van der Waals surface area contributed by atoms with E-state index >= 15 is 0 Å². The molecule has 0 saturated heterocycles. The molecule has 1 aliphatic carbocycles. The van der Waals surface area contributed by atoms with Gasteiger partial charge in [0, 0.05) is 12.8 Å². The molecule has 4 heteroatoms. The number of hydrogen-bond donors (Lipinski definition) is 2. The zero-order valence-corrected chi connectivity index (χ0v) is 11.8. The summed E-state index contributed by atoms with van der Waals surface area (Å²) in [5.74, 6) is 0.0827. The van der Waals surface area contributed by atoms with Crippen LogP contribution in [0.4, 0.5) is 5.69 Å². The Labute approximate surface area is 114 Å². The van der Waals surface area contributed by atoms with Crippen LogP contribution in [-0.4, -0.2) is 25.2 Å². The number of benzene rings is 1. The number of rotatable bonds is 5. The monoisotopic (exact) mass is 262 g/mol. The second kappa shape index (κ2) is 4.85. The molecule has 1 aromatic carbocycles. The highest BCUT2D eigenvalue weighted by atomic mass is 16.5. The Balaban J connectivity index is 2.12. The van der Waals surface area contributed by atoms with Gasteiger partial charge in [-0.1, -0.05) is 12.1 Å². The molecule has 3 N–H and O–H groups in total. The Morgan fingerprint density at radius 1 is 1.37 bits per heavy atom. The van der Waals surface area contributed by atoms with Gasteiger partial charge < -0.3 is 15.8 Å². The van der Waals surface area contributed by atoms with Crippen molar-refractivity contribution in [3.8, 4) is 0 Å². The number of hydrogen-bond acceptors (Lipinski definition) is 3. The van der Waals surface area contributed by atoms with Crippen LogP contribution in [0.2, 0.25) is 0 Å². The second-order valence-corrected chi connectivity index (χ2v) is 5.98. The van der Waals surface area contributed by atoms with Crippen molar-refractivity contribution in [3.05, 3.63) is 29.8 Å². The van der Waals surface area contributed by atoms with Crippen LogP contribution >= 0.6 is 0 Å². The molecule has 0 unspecified atom stereocenters. The summed E-state index contributed by atoms with van der Waals surface area (Å²) in [5.41, 5.74) is 6.75. The summed E-state index contributed by atoms with van der Waals surface area (Å²) >= 11 is 0. The average molecular weight is 262 g/mol. The summed E-state index contributed by atoms with van der Waals surface area (Å²) in [7, 11) is 1.64. The number of amides is 1. The number of carbonyl (C=O) groups is 1. The van der Waals surface area contributed by atoms with Crippen LogP contribution < -0.4 is 11.1 Å². The highest BCUT2D eigenvalue weighted by molar-refractivity contribution is 5.91. The lowest BCUT2D eigenvalue weighted by atomic mass is 9.93. The van der Waals surface area contributed by atoms with Gasteiger partial charge in [0.25, 0.3) is 0 Å². The predicted octanol–water partition coefficient (Wildman–Crippen LogP) is 1.84. The van der Waals surface area contributed by atoms with Crippen molar-refractivity contribution in [3.63, 3.8) is 0 Å². The molecular formula is C15H22N2O2. The number of methoxy groups -OCH3 is 1. The molecule has 4 nitrogen and oxygen atoms in total. The third kappa shape index (κ3) is 2.89. The van der Waals surface area contributed by atoms with E-state index < -0.39 is 0 Å². The molecule has 0 bridgehead atoms. The third-order valence-electron chi connectivity index (χ3n) is 3.61. The topological polar surface area (TPSA) is 64.3 Å². The molecule has 0 atom stereocenters. The number of nitrogens with two attached hydrogens (primary N) is 1. The first-order valence-corrected chi connectivity index (χ1v) is 6.57. The molecule has 1 aliphatic rings. The van der Waals surface area contributed by atoms with Crippen molar-refractivity contribution in [2.75, 3.05) is 19.5 Å². The molecule has 0 radical (unpaired) electrons. The molecule has 19 heavy (non-hydrogen) atoms. The van der Waals surface area contributed by atoms with Gasteiger partial charge in [-0.3, -0.25) is 4.79 Å². The SMILES string of the molecule is COCC(C)(C)NC(=O)C1(c2ccc(N)cc2)CC1. The Hall–Kier alpha value is -1.55. The molecule has 0 heterocycles. The zero-order chi connectivity index (χ0) is 14.1. The fourth-order valence-electron chi connectivity index (χ4n) is 2.40. The zero-order valence-electron chi connectivity index (χ0n) is 11.8. The van der Waals surface area contributed by atoms with E-state index in [4.69, 9.17) is 10.5 Å². The van der Waals surface area contributed by atoms with Crippen LogP contribution in [0.25, 0.3) is 0 Å². The lowest BCUT2D eigenvalue weighted by Gasteiger charge is -2.28. The van der Waals surface area contributed by atoms with Crippen LogP contribution in [0.3, 0.4) is 0 Å².